The first-order valence-corrected chi connectivity index (χ1v) is 7.47. The summed E-state index contributed by atoms with van der Waals surface area (Å²) in [5.74, 6) is 0.648. The van der Waals surface area contributed by atoms with Gasteiger partial charge in [-0.2, -0.15) is 0 Å². The van der Waals surface area contributed by atoms with Gasteiger partial charge in [0.05, 0.1) is 0 Å². The van der Waals surface area contributed by atoms with Crippen LogP contribution in [0.1, 0.15) is 45.4 Å². The largest absolute Gasteiger partial charge is 0.350 e. The molecule has 108 valence electrons. The summed E-state index contributed by atoms with van der Waals surface area (Å²) in [6.07, 6.45) is 5.38. The van der Waals surface area contributed by atoms with Crippen LogP contribution >= 0.6 is 0 Å². The number of hydrogen-bond acceptors (Lipinski definition) is 3. The summed E-state index contributed by atoms with van der Waals surface area (Å²) >= 11 is 0. The van der Waals surface area contributed by atoms with Gasteiger partial charge in [0.2, 0.25) is 11.8 Å². The van der Waals surface area contributed by atoms with Crippen molar-refractivity contribution in [1.82, 2.24) is 10.2 Å². The molecule has 0 aromatic rings. The molecule has 1 aliphatic carbocycles. The van der Waals surface area contributed by atoms with Crippen molar-refractivity contribution >= 4 is 11.8 Å². The Morgan fingerprint density at radius 3 is 2.68 bits per heavy atom. The fraction of sp³-hybridized carbons (Fsp3) is 0.857. The molecule has 1 saturated carbocycles. The Balaban J connectivity index is 1.91. The summed E-state index contributed by atoms with van der Waals surface area (Å²) < 4.78 is 0. The van der Waals surface area contributed by atoms with E-state index in [1.54, 1.807) is 4.90 Å². The maximum absolute atomic E-state index is 12.3. The highest BCUT2D eigenvalue weighted by Crippen LogP contribution is 2.32. The summed E-state index contributed by atoms with van der Waals surface area (Å²) in [5, 5.41) is 3.04. The molecule has 2 aliphatic rings. The minimum Gasteiger partial charge on any atom is -0.350 e. The van der Waals surface area contributed by atoms with Crippen LogP contribution in [0.2, 0.25) is 0 Å². The SMILES string of the molecule is CCCC(=O)N1CCCC1C(=O)NC(CN)C1CC1. The second kappa shape index (κ2) is 6.37. The van der Waals surface area contributed by atoms with E-state index in [-0.39, 0.29) is 23.9 Å². The van der Waals surface area contributed by atoms with Crippen molar-refractivity contribution in [3.8, 4) is 0 Å². The fourth-order valence-corrected chi connectivity index (χ4v) is 2.84. The highest BCUT2D eigenvalue weighted by atomic mass is 16.2. The summed E-state index contributed by atoms with van der Waals surface area (Å²) in [4.78, 5) is 26.0. The number of rotatable bonds is 6. The molecule has 1 heterocycles. The Hall–Kier alpha value is -1.10. The van der Waals surface area contributed by atoms with Crippen molar-refractivity contribution in [2.24, 2.45) is 11.7 Å². The quantitative estimate of drug-likeness (QED) is 0.741. The molecule has 0 aromatic carbocycles. The monoisotopic (exact) mass is 267 g/mol. The summed E-state index contributed by atoms with van der Waals surface area (Å²) in [7, 11) is 0. The molecule has 1 aliphatic heterocycles. The fourth-order valence-electron chi connectivity index (χ4n) is 2.84. The van der Waals surface area contributed by atoms with Crippen LogP contribution in [0, 0.1) is 5.92 Å². The predicted molar refractivity (Wildman–Crippen MR) is 73.4 cm³/mol. The Morgan fingerprint density at radius 2 is 2.11 bits per heavy atom. The molecule has 5 nitrogen and oxygen atoms in total. The lowest BCUT2D eigenvalue weighted by atomic mass is 10.1. The number of carbonyl (C=O) groups is 2. The summed E-state index contributed by atoms with van der Waals surface area (Å²) in [6, 6.07) is -0.178. The molecule has 0 spiro atoms. The van der Waals surface area contributed by atoms with Crippen LogP contribution in [-0.4, -0.2) is 41.9 Å². The molecule has 2 unspecified atom stereocenters. The molecule has 5 heteroatoms. The van der Waals surface area contributed by atoms with E-state index < -0.39 is 0 Å². The molecule has 1 saturated heterocycles. The van der Waals surface area contributed by atoms with Gasteiger partial charge in [-0.15, -0.1) is 0 Å². The normalized spacial score (nSPS) is 24.3. The maximum atomic E-state index is 12.3. The van der Waals surface area contributed by atoms with E-state index in [0.29, 0.717) is 25.4 Å². The van der Waals surface area contributed by atoms with Crippen molar-refractivity contribution < 1.29 is 9.59 Å². The Morgan fingerprint density at radius 1 is 1.37 bits per heavy atom. The highest BCUT2D eigenvalue weighted by molar-refractivity contribution is 5.88. The van der Waals surface area contributed by atoms with Gasteiger partial charge >= 0.3 is 0 Å². The number of nitrogens with one attached hydrogen (secondary N) is 1. The maximum Gasteiger partial charge on any atom is 0.243 e. The molecule has 0 bridgehead atoms. The number of nitrogens with zero attached hydrogens (tertiary/aromatic N) is 1. The second-order valence-corrected chi connectivity index (χ2v) is 5.68. The second-order valence-electron chi connectivity index (χ2n) is 5.68. The van der Waals surface area contributed by atoms with Crippen LogP contribution in [0.3, 0.4) is 0 Å². The Kier molecular flexibility index (Phi) is 4.80. The first-order valence-electron chi connectivity index (χ1n) is 7.47. The molecular formula is C14H25N3O2. The van der Waals surface area contributed by atoms with Crippen molar-refractivity contribution in [1.29, 1.82) is 0 Å². The van der Waals surface area contributed by atoms with Crippen LogP contribution in [0.5, 0.6) is 0 Å². The molecule has 0 aromatic heterocycles. The van der Waals surface area contributed by atoms with Gasteiger partial charge in [-0.25, -0.2) is 0 Å². The average molecular weight is 267 g/mol. The van der Waals surface area contributed by atoms with Crippen LogP contribution in [0.4, 0.5) is 0 Å². The van der Waals surface area contributed by atoms with E-state index in [1.165, 1.54) is 0 Å². The van der Waals surface area contributed by atoms with E-state index in [1.807, 2.05) is 6.92 Å². The van der Waals surface area contributed by atoms with Gasteiger partial charge in [0, 0.05) is 25.6 Å². The predicted octanol–water partition coefficient (Wildman–Crippen LogP) is 0.631. The molecule has 2 rings (SSSR count). The lowest BCUT2D eigenvalue weighted by molar-refractivity contribution is -0.138. The number of hydrogen-bond donors (Lipinski definition) is 2. The van der Waals surface area contributed by atoms with Gasteiger partial charge in [0.1, 0.15) is 6.04 Å². The summed E-state index contributed by atoms with van der Waals surface area (Å²) in [6.45, 7) is 3.19. The van der Waals surface area contributed by atoms with E-state index in [4.69, 9.17) is 5.73 Å². The van der Waals surface area contributed by atoms with E-state index in [9.17, 15) is 9.59 Å². The highest BCUT2D eigenvalue weighted by Gasteiger charge is 2.37. The van der Waals surface area contributed by atoms with E-state index >= 15 is 0 Å². The van der Waals surface area contributed by atoms with Gasteiger partial charge in [-0.3, -0.25) is 9.59 Å². The van der Waals surface area contributed by atoms with Crippen LogP contribution < -0.4 is 11.1 Å². The zero-order chi connectivity index (χ0) is 13.8. The third-order valence-electron chi connectivity index (χ3n) is 4.11. The summed E-state index contributed by atoms with van der Waals surface area (Å²) in [5.41, 5.74) is 5.71. The Labute approximate surface area is 114 Å². The third kappa shape index (κ3) is 3.47. The van der Waals surface area contributed by atoms with Gasteiger partial charge in [0.25, 0.3) is 0 Å². The topological polar surface area (TPSA) is 75.4 Å². The van der Waals surface area contributed by atoms with Crippen LogP contribution in [0.15, 0.2) is 0 Å². The van der Waals surface area contributed by atoms with E-state index in [0.717, 1.165) is 32.1 Å². The average Bonchev–Trinajstić information content (AvgIpc) is 3.11. The molecule has 19 heavy (non-hydrogen) atoms. The third-order valence-corrected chi connectivity index (χ3v) is 4.11. The zero-order valence-corrected chi connectivity index (χ0v) is 11.7. The van der Waals surface area contributed by atoms with Gasteiger partial charge in [0.15, 0.2) is 0 Å². The zero-order valence-electron chi connectivity index (χ0n) is 11.7. The first kappa shape index (κ1) is 14.3. The minimum atomic E-state index is -0.271. The van der Waals surface area contributed by atoms with Gasteiger partial charge in [-0.05, 0) is 38.0 Å². The van der Waals surface area contributed by atoms with Crippen molar-refractivity contribution in [2.75, 3.05) is 13.1 Å². The number of likely N-dealkylation sites (tertiary alicyclic amines) is 1. The van der Waals surface area contributed by atoms with E-state index in [2.05, 4.69) is 5.32 Å². The number of nitrogens with two attached hydrogens (primary N) is 1. The molecule has 2 fully saturated rings. The van der Waals surface area contributed by atoms with Crippen LogP contribution in [0.25, 0.3) is 0 Å². The molecule has 2 amide bonds. The van der Waals surface area contributed by atoms with Gasteiger partial charge in [-0.1, -0.05) is 6.92 Å². The first-order chi connectivity index (χ1) is 9.17. The van der Waals surface area contributed by atoms with Crippen molar-refractivity contribution in [2.45, 2.75) is 57.5 Å². The smallest absolute Gasteiger partial charge is 0.243 e. The minimum absolute atomic E-state index is 0.00990. The van der Waals surface area contributed by atoms with Crippen molar-refractivity contribution in [3.63, 3.8) is 0 Å². The lowest BCUT2D eigenvalue weighted by Crippen LogP contribution is -2.51. The molecule has 2 atom stereocenters. The number of amides is 2. The molecular weight excluding hydrogens is 242 g/mol. The molecule has 0 radical (unpaired) electrons. The van der Waals surface area contributed by atoms with Crippen molar-refractivity contribution in [3.05, 3.63) is 0 Å². The molecule has 3 N–H and O–H groups in total. The van der Waals surface area contributed by atoms with Crippen LogP contribution in [-0.2, 0) is 9.59 Å². The standard InChI is InChI=1S/C14H25N3O2/c1-2-4-13(18)17-8-3-5-12(17)14(19)16-11(9-15)10-6-7-10/h10-12H,2-9,15H2,1H3,(H,16,19). The van der Waals surface area contributed by atoms with Gasteiger partial charge < -0.3 is 16.0 Å². The lowest BCUT2D eigenvalue weighted by Gasteiger charge is -2.26. The Bertz CT molecular complexity index is 342. The number of carbonyl (C=O) groups excluding carboxylic acids is 2.